The van der Waals surface area contributed by atoms with Gasteiger partial charge in [0.05, 0.1) is 0 Å². The van der Waals surface area contributed by atoms with Crippen molar-refractivity contribution in [2.75, 3.05) is 5.75 Å². The van der Waals surface area contributed by atoms with E-state index >= 15 is 0 Å². The van der Waals surface area contributed by atoms with Crippen molar-refractivity contribution in [2.24, 2.45) is 11.7 Å². The van der Waals surface area contributed by atoms with E-state index in [0.29, 0.717) is 5.92 Å². The minimum Gasteiger partial charge on any atom is -0.317 e. The Bertz CT molecular complexity index is 311. The van der Waals surface area contributed by atoms with E-state index in [1.165, 1.54) is 5.57 Å². The van der Waals surface area contributed by atoms with Gasteiger partial charge in [0, 0.05) is 11.4 Å². The van der Waals surface area contributed by atoms with Crippen LogP contribution in [-0.2, 0) is 4.79 Å². The molecule has 0 aliphatic carbocycles. The van der Waals surface area contributed by atoms with Crippen LogP contribution in [0.25, 0.3) is 0 Å². The minimum absolute atomic E-state index is 0.0813. The number of β-lactam (4-membered cyclic amide) rings is 1. The topological polar surface area (TPSA) is 46.3 Å². The van der Waals surface area contributed by atoms with E-state index in [2.05, 4.69) is 13.8 Å². The molecule has 0 unspecified atom stereocenters. The summed E-state index contributed by atoms with van der Waals surface area (Å²) in [6, 6.07) is -0.274. The van der Waals surface area contributed by atoms with E-state index in [4.69, 9.17) is 5.73 Å². The van der Waals surface area contributed by atoms with Crippen molar-refractivity contribution in [3.63, 3.8) is 0 Å². The first kappa shape index (κ1) is 10.1. The van der Waals surface area contributed by atoms with E-state index in [9.17, 15) is 4.79 Å². The van der Waals surface area contributed by atoms with Crippen LogP contribution < -0.4 is 5.73 Å². The lowest BCUT2D eigenvalue weighted by Crippen LogP contribution is -2.67. The highest BCUT2D eigenvalue weighted by Gasteiger charge is 2.48. The normalized spacial score (nSPS) is 32.1. The molecule has 1 fully saturated rings. The second-order valence-electron chi connectivity index (χ2n) is 4.20. The van der Waals surface area contributed by atoms with Crippen LogP contribution in [0.4, 0.5) is 0 Å². The molecule has 2 rings (SSSR count). The van der Waals surface area contributed by atoms with Crippen molar-refractivity contribution >= 4 is 17.7 Å². The fourth-order valence-corrected chi connectivity index (χ4v) is 3.67. The van der Waals surface area contributed by atoms with Crippen LogP contribution in [-0.4, -0.2) is 28.0 Å². The Labute approximate surface area is 88.7 Å². The Morgan fingerprint density at radius 3 is 2.79 bits per heavy atom. The fraction of sp³-hybridized carbons (Fsp3) is 0.700. The number of amides is 1. The zero-order chi connectivity index (χ0) is 10.5. The van der Waals surface area contributed by atoms with Gasteiger partial charge in [-0.1, -0.05) is 13.8 Å². The molecule has 1 saturated heterocycles. The van der Waals surface area contributed by atoms with Crippen molar-refractivity contribution in [2.45, 2.75) is 32.2 Å². The number of fused-ring (bicyclic) bond motifs is 1. The predicted octanol–water partition coefficient (Wildman–Crippen LogP) is 1.16. The Hall–Kier alpha value is -0.480. The summed E-state index contributed by atoms with van der Waals surface area (Å²) in [5, 5.41) is 0.199. The molecular formula is C10H16N2OS. The Balaban J connectivity index is 2.28. The molecule has 2 N–H and O–H groups in total. The molecular weight excluding hydrogens is 196 g/mol. The molecule has 0 aromatic rings. The summed E-state index contributed by atoms with van der Waals surface area (Å²) in [4.78, 5) is 13.4. The summed E-state index contributed by atoms with van der Waals surface area (Å²) in [5.74, 6) is 1.62. The number of rotatable bonds is 1. The van der Waals surface area contributed by atoms with Crippen LogP contribution in [0.5, 0.6) is 0 Å². The van der Waals surface area contributed by atoms with Gasteiger partial charge in [0.1, 0.15) is 11.4 Å². The van der Waals surface area contributed by atoms with Crippen molar-refractivity contribution in [1.29, 1.82) is 0 Å². The minimum atomic E-state index is -0.274. The third-order valence-corrected chi connectivity index (χ3v) is 4.34. The van der Waals surface area contributed by atoms with Gasteiger partial charge >= 0.3 is 0 Å². The smallest absolute Gasteiger partial charge is 0.247 e. The van der Waals surface area contributed by atoms with Gasteiger partial charge in [-0.25, -0.2) is 0 Å². The Kier molecular flexibility index (Phi) is 2.35. The lowest BCUT2D eigenvalue weighted by Gasteiger charge is -2.49. The van der Waals surface area contributed by atoms with Gasteiger partial charge in [0.25, 0.3) is 0 Å². The van der Waals surface area contributed by atoms with Gasteiger partial charge in [-0.2, -0.15) is 0 Å². The molecule has 1 amide bonds. The maximum atomic E-state index is 11.5. The standard InChI is InChI=1S/C10H16N2OS/c1-5(2)7-4-14-10-8(11)9(13)12(10)6(7)3/h5,8,10H,4,11H2,1-3H3/t8-,10-/m1/s1. The number of carbonyl (C=O) groups excluding carboxylic acids is 1. The first-order valence-corrected chi connectivity index (χ1v) is 5.98. The molecule has 0 bridgehead atoms. The predicted molar refractivity (Wildman–Crippen MR) is 58.6 cm³/mol. The van der Waals surface area contributed by atoms with Gasteiger partial charge in [0.2, 0.25) is 5.91 Å². The second-order valence-corrected chi connectivity index (χ2v) is 5.31. The van der Waals surface area contributed by atoms with Crippen LogP contribution in [0, 0.1) is 5.92 Å². The molecule has 14 heavy (non-hydrogen) atoms. The highest BCUT2D eigenvalue weighted by atomic mass is 32.2. The van der Waals surface area contributed by atoms with Crippen LogP contribution in [0.3, 0.4) is 0 Å². The number of hydrogen-bond donors (Lipinski definition) is 1. The Morgan fingerprint density at radius 1 is 1.57 bits per heavy atom. The molecule has 0 radical (unpaired) electrons. The molecule has 0 spiro atoms. The van der Waals surface area contributed by atoms with Crippen molar-refractivity contribution < 1.29 is 4.79 Å². The van der Waals surface area contributed by atoms with Crippen LogP contribution in [0.2, 0.25) is 0 Å². The van der Waals surface area contributed by atoms with Gasteiger partial charge in [-0.05, 0) is 18.4 Å². The van der Waals surface area contributed by atoms with Crippen molar-refractivity contribution in [3.05, 3.63) is 11.3 Å². The van der Waals surface area contributed by atoms with Gasteiger partial charge in [0.15, 0.2) is 0 Å². The highest BCUT2D eigenvalue weighted by Crippen LogP contribution is 2.40. The third kappa shape index (κ3) is 1.21. The first-order chi connectivity index (χ1) is 6.54. The number of allylic oxidation sites excluding steroid dienone is 1. The van der Waals surface area contributed by atoms with Gasteiger partial charge in [-0.15, -0.1) is 11.8 Å². The van der Waals surface area contributed by atoms with Crippen LogP contribution in [0.1, 0.15) is 20.8 Å². The molecule has 2 aliphatic rings. The van der Waals surface area contributed by atoms with Gasteiger partial charge < -0.3 is 10.6 Å². The summed E-state index contributed by atoms with van der Waals surface area (Å²) >= 11 is 1.79. The summed E-state index contributed by atoms with van der Waals surface area (Å²) in [6.07, 6.45) is 0. The number of nitrogens with two attached hydrogens (primary N) is 1. The summed E-state index contributed by atoms with van der Waals surface area (Å²) in [6.45, 7) is 6.37. The fourth-order valence-electron chi connectivity index (χ4n) is 2.04. The zero-order valence-electron chi connectivity index (χ0n) is 8.78. The van der Waals surface area contributed by atoms with E-state index in [1.54, 1.807) is 11.8 Å². The average Bonchev–Trinajstić information content (AvgIpc) is 2.15. The van der Waals surface area contributed by atoms with E-state index < -0.39 is 0 Å². The van der Waals surface area contributed by atoms with Crippen LogP contribution >= 0.6 is 11.8 Å². The number of nitrogens with zero attached hydrogens (tertiary/aromatic N) is 1. The molecule has 2 atom stereocenters. The molecule has 2 aliphatic heterocycles. The molecule has 2 heterocycles. The lowest BCUT2D eigenvalue weighted by molar-refractivity contribution is -0.141. The molecule has 4 heteroatoms. The van der Waals surface area contributed by atoms with Gasteiger partial charge in [-0.3, -0.25) is 4.79 Å². The maximum Gasteiger partial charge on any atom is 0.247 e. The quantitative estimate of drug-likeness (QED) is 0.663. The number of thioether (sulfide) groups is 1. The molecule has 0 aromatic carbocycles. The monoisotopic (exact) mass is 212 g/mol. The van der Waals surface area contributed by atoms with E-state index in [0.717, 1.165) is 11.4 Å². The largest absolute Gasteiger partial charge is 0.317 e. The summed E-state index contributed by atoms with van der Waals surface area (Å²) < 4.78 is 0. The van der Waals surface area contributed by atoms with E-state index in [1.807, 2.05) is 11.8 Å². The highest BCUT2D eigenvalue weighted by molar-refractivity contribution is 8.00. The van der Waals surface area contributed by atoms with Crippen molar-refractivity contribution in [3.8, 4) is 0 Å². The maximum absolute atomic E-state index is 11.5. The third-order valence-electron chi connectivity index (χ3n) is 3.02. The lowest BCUT2D eigenvalue weighted by atomic mass is 9.98. The van der Waals surface area contributed by atoms with Crippen molar-refractivity contribution in [1.82, 2.24) is 4.90 Å². The Morgan fingerprint density at radius 2 is 2.21 bits per heavy atom. The molecule has 0 saturated carbocycles. The summed E-state index contributed by atoms with van der Waals surface area (Å²) in [5.41, 5.74) is 8.24. The molecule has 78 valence electrons. The molecule has 3 nitrogen and oxygen atoms in total. The molecule has 0 aromatic heterocycles. The average molecular weight is 212 g/mol. The number of hydrogen-bond acceptors (Lipinski definition) is 3. The second kappa shape index (κ2) is 3.28. The number of carbonyl (C=O) groups is 1. The van der Waals surface area contributed by atoms with E-state index in [-0.39, 0.29) is 17.3 Å². The SMILES string of the molecule is CC1=C(C(C)C)CS[C@@H]2[C@H](N)C(=O)N12. The first-order valence-electron chi connectivity index (χ1n) is 4.94. The van der Waals surface area contributed by atoms with Crippen LogP contribution in [0.15, 0.2) is 11.3 Å². The summed E-state index contributed by atoms with van der Waals surface area (Å²) in [7, 11) is 0. The zero-order valence-corrected chi connectivity index (χ0v) is 9.60.